The third-order valence-electron chi connectivity index (χ3n) is 4.80. The Morgan fingerprint density at radius 2 is 2.07 bits per heavy atom. The van der Waals surface area contributed by atoms with Crippen LogP contribution in [0.15, 0.2) is 53.6 Å². The van der Waals surface area contributed by atoms with Crippen molar-refractivity contribution in [3.05, 3.63) is 74.8 Å². The van der Waals surface area contributed by atoms with Crippen LogP contribution in [0.1, 0.15) is 12.5 Å². The highest BCUT2D eigenvalue weighted by atomic mass is 16.6. The zero-order valence-electron chi connectivity index (χ0n) is 14.5. The molecule has 3 aromatic rings. The van der Waals surface area contributed by atoms with E-state index >= 15 is 0 Å². The standard InChI is InChI=1S/C19H16N4O4/c1-12-8-13-4-2-3-5-17(13)22(12)18(24)10-21-11-20-16-7-6-14(23(26)27)9-15(16)19(21)25/h2-7,9,11-12H,8,10H2,1H3/t12-/m1/s1. The Balaban J connectivity index is 1.69. The fourth-order valence-corrected chi connectivity index (χ4v) is 3.54. The van der Waals surface area contributed by atoms with Crippen LogP contribution in [-0.2, 0) is 17.8 Å². The van der Waals surface area contributed by atoms with E-state index in [0.717, 1.165) is 17.7 Å². The van der Waals surface area contributed by atoms with Crippen LogP contribution in [0.5, 0.6) is 0 Å². The van der Waals surface area contributed by atoms with Gasteiger partial charge in [-0.1, -0.05) is 18.2 Å². The predicted octanol–water partition coefficient (Wildman–Crippen LogP) is 2.28. The minimum Gasteiger partial charge on any atom is -0.307 e. The van der Waals surface area contributed by atoms with Crippen molar-refractivity contribution in [2.75, 3.05) is 4.90 Å². The fourth-order valence-electron chi connectivity index (χ4n) is 3.54. The molecule has 1 aromatic heterocycles. The fraction of sp³-hybridized carbons (Fsp3) is 0.211. The Morgan fingerprint density at radius 1 is 1.30 bits per heavy atom. The lowest BCUT2D eigenvalue weighted by Gasteiger charge is -2.23. The Labute approximate surface area is 153 Å². The summed E-state index contributed by atoms with van der Waals surface area (Å²) < 4.78 is 1.20. The zero-order chi connectivity index (χ0) is 19.1. The molecule has 0 saturated heterocycles. The molecule has 0 bridgehead atoms. The lowest BCUT2D eigenvalue weighted by Crippen LogP contribution is -2.40. The molecule has 8 heteroatoms. The molecule has 0 radical (unpaired) electrons. The minimum atomic E-state index is -0.565. The van der Waals surface area contributed by atoms with E-state index in [1.54, 1.807) is 4.90 Å². The highest BCUT2D eigenvalue weighted by Crippen LogP contribution is 2.31. The maximum Gasteiger partial charge on any atom is 0.270 e. The second-order valence-corrected chi connectivity index (χ2v) is 6.58. The van der Waals surface area contributed by atoms with Gasteiger partial charge in [0.1, 0.15) is 6.54 Å². The van der Waals surface area contributed by atoms with Crippen LogP contribution in [-0.4, -0.2) is 26.4 Å². The number of amides is 1. The van der Waals surface area contributed by atoms with Gasteiger partial charge in [0.05, 0.1) is 22.2 Å². The molecule has 27 heavy (non-hydrogen) atoms. The summed E-state index contributed by atoms with van der Waals surface area (Å²) in [6.07, 6.45) is 2.07. The van der Waals surface area contributed by atoms with Crippen molar-refractivity contribution in [3.8, 4) is 0 Å². The maximum absolute atomic E-state index is 12.9. The topological polar surface area (TPSA) is 98.3 Å². The van der Waals surface area contributed by atoms with Gasteiger partial charge in [0.25, 0.3) is 11.2 Å². The van der Waals surface area contributed by atoms with E-state index in [-0.39, 0.29) is 29.6 Å². The zero-order valence-corrected chi connectivity index (χ0v) is 14.5. The van der Waals surface area contributed by atoms with Crippen LogP contribution in [0.25, 0.3) is 10.9 Å². The number of nitro groups is 1. The number of rotatable bonds is 3. The normalized spacial score (nSPS) is 15.7. The van der Waals surface area contributed by atoms with Gasteiger partial charge in [0.15, 0.2) is 0 Å². The first-order valence-electron chi connectivity index (χ1n) is 8.49. The number of para-hydroxylation sites is 1. The number of hydrogen-bond acceptors (Lipinski definition) is 5. The monoisotopic (exact) mass is 364 g/mol. The van der Waals surface area contributed by atoms with Crippen molar-refractivity contribution < 1.29 is 9.72 Å². The third-order valence-corrected chi connectivity index (χ3v) is 4.80. The van der Waals surface area contributed by atoms with E-state index < -0.39 is 10.5 Å². The lowest BCUT2D eigenvalue weighted by atomic mass is 10.1. The van der Waals surface area contributed by atoms with E-state index in [0.29, 0.717) is 5.52 Å². The van der Waals surface area contributed by atoms with E-state index in [1.165, 1.54) is 29.1 Å². The number of nitrogens with zero attached hydrogens (tertiary/aromatic N) is 4. The highest BCUT2D eigenvalue weighted by Gasteiger charge is 2.30. The van der Waals surface area contributed by atoms with Gasteiger partial charge in [-0.25, -0.2) is 4.98 Å². The van der Waals surface area contributed by atoms with Gasteiger partial charge in [-0.2, -0.15) is 0 Å². The molecule has 1 aliphatic heterocycles. The molecule has 0 spiro atoms. The van der Waals surface area contributed by atoms with Crippen molar-refractivity contribution in [1.82, 2.24) is 9.55 Å². The number of carbonyl (C=O) groups is 1. The van der Waals surface area contributed by atoms with Crippen molar-refractivity contribution in [2.45, 2.75) is 25.9 Å². The highest BCUT2D eigenvalue weighted by molar-refractivity contribution is 5.96. The molecule has 0 fully saturated rings. The molecule has 8 nitrogen and oxygen atoms in total. The molecule has 1 aliphatic rings. The average molecular weight is 364 g/mol. The van der Waals surface area contributed by atoms with Crippen molar-refractivity contribution in [1.29, 1.82) is 0 Å². The molecule has 2 aromatic carbocycles. The van der Waals surface area contributed by atoms with E-state index in [1.807, 2.05) is 31.2 Å². The summed E-state index contributed by atoms with van der Waals surface area (Å²) in [5.41, 5.74) is 1.64. The Morgan fingerprint density at radius 3 is 2.85 bits per heavy atom. The van der Waals surface area contributed by atoms with Gasteiger partial charge < -0.3 is 4.90 Å². The molecular formula is C19H16N4O4. The minimum absolute atomic E-state index is 0.0000973. The van der Waals surface area contributed by atoms with Gasteiger partial charge in [0, 0.05) is 23.9 Å². The van der Waals surface area contributed by atoms with Gasteiger partial charge >= 0.3 is 0 Å². The number of hydrogen-bond donors (Lipinski definition) is 0. The summed E-state index contributed by atoms with van der Waals surface area (Å²) in [6.45, 7) is 1.78. The summed E-state index contributed by atoms with van der Waals surface area (Å²) in [5.74, 6) is -0.221. The summed E-state index contributed by atoms with van der Waals surface area (Å²) >= 11 is 0. The molecule has 0 unspecified atom stereocenters. The van der Waals surface area contributed by atoms with E-state index in [9.17, 15) is 19.7 Å². The number of non-ortho nitro benzene ring substituents is 1. The smallest absolute Gasteiger partial charge is 0.270 e. The van der Waals surface area contributed by atoms with Crippen LogP contribution in [0.2, 0.25) is 0 Å². The molecule has 1 atom stereocenters. The van der Waals surface area contributed by atoms with Crippen LogP contribution >= 0.6 is 0 Å². The first kappa shape index (κ1) is 16.9. The number of anilines is 1. The number of carbonyl (C=O) groups excluding carboxylic acids is 1. The predicted molar refractivity (Wildman–Crippen MR) is 99.8 cm³/mol. The summed E-state index contributed by atoms with van der Waals surface area (Å²) in [7, 11) is 0. The van der Waals surface area contributed by atoms with E-state index in [2.05, 4.69) is 4.98 Å². The first-order chi connectivity index (χ1) is 13.0. The number of aromatic nitrogens is 2. The molecule has 4 rings (SSSR count). The largest absolute Gasteiger partial charge is 0.307 e. The van der Waals surface area contributed by atoms with Crippen molar-refractivity contribution in [2.24, 2.45) is 0 Å². The molecule has 136 valence electrons. The molecule has 2 heterocycles. The Hall–Kier alpha value is -3.55. The van der Waals surface area contributed by atoms with Gasteiger partial charge in [-0.15, -0.1) is 0 Å². The summed E-state index contributed by atoms with van der Waals surface area (Å²) in [5, 5.41) is 11.1. The number of benzene rings is 2. The second-order valence-electron chi connectivity index (χ2n) is 6.58. The van der Waals surface area contributed by atoms with E-state index in [4.69, 9.17) is 0 Å². The summed E-state index contributed by atoms with van der Waals surface area (Å²) in [6, 6.07) is 11.6. The molecule has 0 saturated carbocycles. The van der Waals surface area contributed by atoms with Crippen LogP contribution < -0.4 is 10.5 Å². The SMILES string of the molecule is C[C@@H]1Cc2ccccc2N1C(=O)Cn1cnc2ccc([N+](=O)[O-])cc2c1=O. The van der Waals surface area contributed by atoms with Crippen LogP contribution in [0.3, 0.4) is 0 Å². The molecule has 0 aliphatic carbocycles. The summed E-state index contributed by atoms with van der Waals surface area (Å²) in [4.78, 5) is 41.8. The first-order valence-corrected chi connectivity index (χ1v) is 8.49. The van der Waals surface area contributed by atoms with Crippen molar-refractivity contribution >= 4 is 28.2 Å². The lowest BCUT2D eigenvalue weighted by molar-refractivity contribution is -0.384. The molecular weight excluding hydrogens is 348 g/mol. The second kappa shape index (κ2) is 6.31. The quantitative estimate of drug-likeness (QED) is 0.524. The van der Waals surface area contributed by atoms with Crippen molar-refractivity contribution in [3.63, 3.8) is 0 Å². The van der Waals surface area contributed by atoms with Crippen LogP contribution in [0.4, 0.5) is 11.4 Å². The number of nitro benzene ring substituents is 1. The van der Waals surface area contributed by atoms with Gasteiger partial charge in [-0.3, -0.25) is 24.3 Å². The maximum atomic E-state index is 12.9. The van der Waals surface area contributed by atoms with Gasteiger partial charge in [-0.05, 0) is 31.0 Å². The third kappa shape index (κ3) is 2.84. The van der Waals surface area contributed by atoms with Crippen LogP contribution in [0, 0.1) is 10.1 Å². The Bertz CT molecular complexity index is 1140. The van der Waals surface area contributed by atoms with Gasteiger partial charge in [0.2, 0.25) is 5.91 Å². The Kier molecular flexibility index (Phi) is 3.95. The molecule has 0 N–H and O–H groups in total. The average Bonchev–Trinajstić information content (AvgIpc) is 2.99. The number of fused-ring (bicyclic) bond motifs is 2. The molecule has 1 amide bonds.